The molecule has 0 aliphatic carbocycles. The van der Waals surface area contributed by atoms with Crippen LogP contribution in [0.25, 0.3) is 0 Å². The number of rotatable bonds is 4. The molecule has 18 heavy (non-hydrogen) atoms. The Morgan fingerprint density at radius 2 is 2.00 bits per heavy atom. The van der Waals surface area contributed by atoms with E-state index in [2.05, 4.69) is 0 Å². The minimum absolute atomic E-state index is 0.104. The molecule has 1 N–H and O–H groups in total. The summed E-state index contributed by atoms with van der Waals surface area (Å²) in [7, 11) is -3.36. The molecule has 1 aliphatic rings. The first-order valence-electron chi connectivity index (χ1n) is 5.62. The molecule has 6 heteroatoms. The summed E-state index contributed by atoms with van der Waals surface area (Å²) in [4.78, 5) is 10.8. The molecule has 1 fully saturated rings. The zero-order valence-corrected chi connectivity index (χ0v) is 10.5. The van der Waals surface area contributed by atoms with Gasteiger partial charge >= 0.3 is 5.97 Å². The van der Waals surface area contributed by atoms with Crippen LogP contribution in [0.1, 0.15) is 12.0 Å². The molecule has 1 aliphatic heterocycles. The molecule has 98 valence electrons. The van der Waals surface area contributed by atoms with Gasteiger partial charge in [-0.3, -0.25) is 4.79 Å². The Bertz CT molecular complexity index is 526. The SMILES string of the molecule is O=C(O)Cc1ccc(S(=O)(=O)C2CCOC2)cc1. The van der Waals surface area contributed by atoms with Gasteiger partial charge in [0.1, 0.15) is 0 Å². The van der Waals surface area contributed by atoms with E-state index in [-0.39, 0.29) is 17.9 Å². The number of carboxylic acid groups (broad SMARTS) is 1. The molecule has 0 radical (unpaired) electrons. The van der Waals surface area contributed by atoms with E-state index in [0.717, 1.165) is 0 Å². The lowest BCUT2D eigenvalue weighted by Crippen LogP contribution is -2.21. The number of ether oxygens (including phenoxy) is 1. The lowest BCUT2D eigenvalue weighted by molar-refractivity contribution is -0.136. The third-order valence-electron chi connectivity index (χ3n) is 2.93. The fourth-order valence-electron chi connectivity index (χ4n) is 1.92. The van der Waals surface area contributed by atoms with Gasteiger partial charge in [-0.25, -0.2) is 8.42 Å². The summed E-state index contributed by atoms with van der Waals surface area (Å²) in [5.41, 5.74) is 0.587. The van der Waals surface area contributed by atoms with Crippen molar-refractivity contribution in [3.8, 4) is 0 Å². The van der Waals surface area contributed by atoms with Crippen molar-refractivity contribution in [2.75, 3.05) is 13.2 Å². The summed E-state index contributed by atoms with van der Waals surface area (Å²) in [5.74, 6) is -0.935. The fourth-order valence-corrected chi connectivity index (χ4v) is 3.50. The third kappa shape index (κ3) is 2.70. The topological polar surface area (TPSA) is 80.7 Å². The van der Waals surface area contributed by atoms with E-state index in [4.69, 9.17) is 9.84 Å². The van der Waals surface area contributed by atoms with Crippen molar-refractivity contribution in [2.45, 2.75) is 23.0 Å². The van der Waals surface area contributed by atoms with E-state index in [9.17, 15) is 13.2 Å². The number of hydrogen-bond donors (Lipinski definition) is 1. The molecule has 1 aromatic carbocycles. The molecule has 2 rings (SSSR count). The van der Waals surface area contributed by atoms with E-state index in [1.54, 1.807) is 0 Å². The van der Waals surface area contributed by atoms with Gasteiger partial charge in [0, 0.05) is 6.61 Å². The minimum Gasteiger partial charge on any atom is -0.481 e. The standard InChI is InChI=1S/C12H14O5S/c13-12(14)7-9-1-3-10(4-2-9)18(15,16)11-5-6-17-8-11/h1-4,11H,5-8H2,(H,13,14). The van der Waals surface area contributed by atoms with E-state index >= 15 is 0 Å². The molecule has 0 saturated carbocycles. The predicted octanol–water partition coefficient (Wildman–Crippen LogP) is 0.876. The molecule has 1 unspecified atom stereocenters. The van der Waals surface area contributed by atoms with Crippen LogP contribution in [0, 0.1) is 0 Å². The Balaban J connectivity index is 2.20. The highest BCUT2D eigenvalue weighted by Crippen LogP contribution is 2.22. The van der Waals surface area contributed by atoms with Crippen LogP contribution in [0.2, 0.25) is 0 Å². The maximum Gasteiger partial charge on any atom is 0.307 e. The predicted molar refractivity (Wildman–Crippen MR) is 64.2 cm³/mol. The first-order valence-corrected chi connectivity index (χ1v) is 7.17. The van der Waals surface area contributed by atoms with Gasteiger partial charge < -0.3 is 9.84 Å². The van der Waals surface area contributed by atoms with Gasteiger partial charge in [-0.15, -0.1) is 0 Å². The number of carbonyl (C=O) groups is 1. The van der Waals surface area contributed by atoms with Crippen LogP contribution >= 0.6 is 0 Å². The molecule has 0 amide bonds. The van der Waals surface area contributed by atoms with Crippen molar-refractivity contribution >= 4 is 15.8 Å². The zero-order valence-electron chi connectivity index (χ0n) is 9.70. The summed E-state index contributed by atoms with van der Waals surface area (Å²) >= 11 is 0. The first kappa shape index (κ1) is 13.0. The Kier molecular flexibility index (Phi) is 3.68. The molecule has 1 atom stereocenters. The van der Waals surface area contributed by atoms with Crippen LogP contribution in [0.4, 0.5) is 0 Å². The van der Waals surface area contributed by atoms with Crippen LogP contribution in [0.15, 0.2) is 29.2 Å². The largest absolute Gasteiger partial charge is 0.481 e. The Labute approximate surface area is 105 Å². The highest BCUT2D eigenvalue weighted by atomic mass is 32.2. The highest BCUT2D eigenvalue weighted by Gasteiger charge is 2.30. The van der Waals surface area contributed by atoms with Crippen LogP contribution in [0.3, 0.4) is 0 Å². The van der Waals surface area contributed by atoms with E-state index in [1.807, 2.05) is 0 Å². The molecule has 0 spiro atoms. The normalized spacial score (nSPS) is 19.9. The van der Waals surface area contributed by atoms with Crippen molar-refractivity contribution in [1.29, 1.82) is 0 Å². The second-order valence-electron chi connectivity index (χ2n) is 4.25. The number of benzene rings is 1. The molecule has 0 bridgehead atoms. The third-order valence-corrected chi connectivity index (χ3v) is 5.11. The smallest absolute Gasteiger partial charge is 0.307 e. The summed E-state index contributed by atoms with van der Waals surface area (Å²) in [6.45, 7) is 0.709. The van der Waals surface area contributed by atoms with Gasteiger partial charge in [0.25, 0.3) is 0 Å². The fraction of sp³-hybridized carbons (Fsp3) is 0.417. The van der Waals surface area contributed by atoms with Gasteiger partial charge in [0.15, 0.2) is 9.84 Å². The average Bonchev–Trinajstić information content (AvgIpc) is 2.83. The van der Waals surface area contributed by atoms with Crippen LogP contribution < -0.4 is 0 Å². The summed E-state index contributed by atoms with van der Waals surface area (Å²) in [6, 6.07) is 6.01. The van der Waals surface area contributed by atoms with Crippen molar-refractivity contribution in [3.63, 3.8) is 0 Å². The number of aliphatic carboxylic acids is 1. The second kappa shape index (κ2) is 5.07. The maximum atomic E-state index is 12.2. The van der Waals surface area contributed by atoms with Gasteiger partial charge in [-0.05, 0) is 24.1 Å². The van der Waals surface area contributed by atoms with Crippen LogP contribution in [0.5, 0.6) is 0 Å². The van der Waals surface area contributed by atoms with Crippen LogP contribution in [-0.4, -0.2) is 38.0 Å². The molecular formula is C12H14O5S. The minimum atomic E-state index is -3.36. The van der Waals surface area contributed by atoms with Gasteiger partial charge in [0.2, 0.25) is 0 Å². The Morgan fingerprint density at radius 1 is 1.33 bits per heavy atom. The summed E-state index contributed by atoms with van der Waals surface area (Å²) in [6.07, 6.45) is 0.409. The molecule has 5 nitrogen and oxygen atoms in total. The van der Waals surface area contributed by atoms with Crippen molar-refractivity contribution in [2.24, 2.45) is 0 Å². The van der Waals surface area contributed by atoms with Gasteiger partial charge in [0.05, 0.1) is 23.2 Å². The first-order chi connectivity index (χ1) is 8.50. The van der Waals surface area contributed by atoms with E-state index < -0.39 is 21.1 Å². The number of sulfone groups is 1. The van der Waals surface area contributed by atoms with Crippen molar-refractivity contribution < 1.29 is 23.1 Å². The molecular weight excluding hydrogens is 256 g/mol. The van der Waals surface area contributed by atoms with E-state index in [0.29, 0.717) is 18.6 Å². The number of hydrogen-bond acceptors (Lipinski definition) is 4. The number of carboxylic acids is 1. The van der Waals surface area contributed by atoms with Crippen LogP contribution in [-0.2, 0) is 25.8 Å². The molecule has 1 aromatic rings. The van der Waals surface area contributed by atoms with Gasteiger partial charge in [-0.2, -0.15) is 0 Å². The van der Waals surface area contributed by atoms with Gasteiger partial charge in [-0.1, -0.05) is 12.1 Å². The van der Waals surface area contributed by atoms with E-state index in [1.165, 1.54) is 24.3 Å². The summed E-state index contributed by atoms with van der Waals surface area (Å²) in [5, 5.41) is 8.15. The maximum absolute atomic E-state index is 12.2. The monoisotopic (exact) mass is 270 g/mol. The Morgan fingerprint density at radius 3 is 2.50 bits per heavy atom. The zero-order chi connectivity index (χ0) is 13.2. The lowest BCUT2D eigenvalue weighted by Gasteiger charge is -2.10. The van der Waals surface area contributed by atoms with Crippen molar-refractivity contribution in [1.82, 2.24) is 0 Å². The second-order valence-corrected chi connectivity index (χ2v) is 6.47. The molecule has 0 aromatic heterocycles. The van der Waals surface area contributed by atoms with Crippen molar-refractivity contribution in [3.05, 3.63) is 29.8 Å². The summed E-state index contributed by atoms with van der Waals surface area (Å²) < 4.78 is 29.4. The highest BCUT2D eigenvalue weighted by molar-refractivity contribution is 7.92. The molecule has 1 heterocycles. The average molecular weight is 270 g/mol. The lowest BCUT2D eigenvalue weighted by atomic mass is 10.2. The quantitative estimate of drug-likeness (QED) is 0.878. The molecule has 1 saturated heterocycles. The Hall–Kier alpha value is -1.40.